The van der Waals surface area contributed by atoms with Gasteiger partial charge in [-0.1, -0.05) is 0 Å². The largest absolute Gasteiger partial charge is 0.508 e. The summed E-state index contributed by atoms with van der Waals surface area (Å²) in [5, 5.41) is 42.8. The van der Waals surface area contributed by atoms with Crippen LogP contribution in [0.4, 0.5) is 10.1 Å². The molecule has 1 unspecified atom stereocenters. The van der Waals surface area contributed by atoms with Crippen molar-refractivity contribution in [2.75, 3.05) is 19.0 Å². The Labute approximate surface area is 175 Å². The van der Waals surface area contributed by atoms with E-state index in [-0.39, 0.29) is 24.0 Å². The first-order chi connectivity index (χ1) is 14.4. The predicted molar refractivity (Wildman–Crippen MR) is 106 cm³/mol. The van der Waals surface area contributed by atoms with Crippen molar-refractivity contribution in [3.63, 3.8) is 0 Å². The number of ketones is 2. The number of fused-ring (bicyclic) bond motifs is 3. The average molecular weight is 432 g/mol. The fourth-order valence-corrected chi connectivity index (χ4v) is 5.04. The van der Waals surface area contributed by atoms with Crippen molar-refractivity contribution in [3.8, 4) is 5.75 Å². The number of phenols is 1. The maximum atomic E-state index is 14.3. The number of nitrogens with zero attached hydrogens (tertiary/aromatic N) is 1. The third kappa shape index (κ3) is 2.61. The van der Waals surface area contributed by atoms with Gasteiger partial charge >= 0.3 is 0 Å². The van der Waals surface area contributed by atoms with E-state index in [4.69, 9.17) is 5.73 Å². The minimum Gasteiger partial charge on any atom is -0.508 e. The van der Waals surface area contributed by atoms with Crippen LogP contribution in [0.25, 0.3) is 5.76 Å². The number of phenolic OH excluding ortho intramolecular Hbond substituents is 1. The second kappa shape index (κ2) is 6.55. The molecule has 0 aromatic heterocycles. The number of aliphatic hydroxyl groups excluding tert-OH is 2. The minimum absolute atomic E-state index is 0.0217. The molecule has 3 aliphatic carbocycles. The first-order valence-corrected chi connectivity index (χ1v) is 9.60. The third-order valence-corrected chi connectivity index (χ3v) is 6.48. The molecule has 3 atom stereocenters. The molecule has 10 heteroatoms. The molecule has 0 bridgehead atoms. The van der Waals surface area contributed by atoms with Gasteiger partial charge in [-0.25, -0.2) is 4.39 Å². The van der Waals surface area contributed by atoms with Crippen LogP contribution in [0.1, 0.15) is 24.0 Å². The Balaban J connectivity index is 1.97. The third-order valence-electron chi connectivity index (χ3n) is 6.48. The number of carbonyl (C=O) groups is 3. The summed E-state index contributed by atoms with van der Waals surface area (Å²) in [6.45, 7) is 0. The molecule has 6 N–H and O–H groups in total. The van der Waals surface area contributed by atoms with Gasteiger partial charge < -0.3 is 31.1 Å². The van der Waals surface area contributed by atoms with E-state index in [0.29, 0.717) is 11.3 Å². The highest BCUT2D eigenvalue weighted by atomic mass is 19.1. The van der Waals surface area contributed by atoms with Crippen molar-refractivity contribution in [1.29, 1.82) is 0 Å². The standard InChI is InChI=1S/C21H21FN2O7/c1-24(2)11-6-10(22)16(26)14-9(11)4-7-3-8-5-12(25)15(20(23)30)19(29)21(8,31)18(28)13(7)17(14)27/h6-8,26-27,29,31H,3-5H2,1-2H3,(H2,23,30)/t7?,8-,21-/m0/s1. The quantitative estimate of drug-likeness (QED) is 0.425. The van der Waals surface area contributed by atoms with E-state index in [1.807, 2.05) is 0 Å². The van der Waals surface area contributed by atoms with Gasteiger partial charge in [0, 0.05) is 43.8 Å². The summed E-state index contributed by atoms with van der Waals surface area (Å²) in [4.78, 5) is 38.8. The molecule has 0 saturated heterocycles. The molecule has 0 radical (unpaired) electrons. The van der Waals surface area contributed by atoms with Gasteiger partial charge in [-0.15, -0.1) is 0 Å². The van der Waals surface area contributed by atoms with Gasteiger partial charge in [-0.3, -0.25) is 14.4 Å². The van der Waals surface area contributed by atoms with Gasteiger partial charge in [-0.05, 0) is 24.3 Å². The van der Waals surface area contributed by atoms with E-state index in [1.54, 1.807) is 19.0 Å². The topological polar surface area (TPSA) is 161 Å². The Morgan fingerprint density at radius 1 is 1.23 bits per heavy atom. The van der Waals surface area contributed by atoms with Crippen molar-refractivity contribution in [1.82, 2.24) is 0 Å². The zero-order valence-electron chi connectivity index (χ0n) is 16.8. The number of aliphatic hydroxyl groups is 3. The highest BCUT2D eigenvalue weighted by molar-refractivity contribution is 6.22. The molecule has 1 fully saturated rings. The minimum atomic E-state index is -2.64. The van der Waals surface area contributed by atoms with Crippen LogP contribution >= 0.6 is 0 Å². The second-order valence-corrected chi connectivity index (χ2v) is 8.38. The summed E-state index contributed by atoms with van der Waals surface area (Å²) in [6.07, 6.45) is -0.249. The fraction of sp³-hybridized carbons (Fsp3) is 0.381. The number of Topliss-reactive ketones (excluding diaryl/α,β-unsaturated/α-hetero) is 2. The molecule has 0 spiro atoms. The zero-order chi connectivity index (χ0) is 23.0. The number of carbonyl (C=O) groups excluding carboxylic acids is 3. The average Bonchev–Trinajstić information content (AvgIpc) is 2.66. The summed E-state index contributed by atoms with van der Waals surface area (Å²) in [6, 6.07) is 1.12. The van der Waals surface area contributed by atoms with Gasteiger partial charge in [0.2, 0.25) is 5.78 Å². The molecule has 1 aromatic rings. The number of benzene rings is 1. The van der Waals surface area contributed by atoms with Crippen LogP contribution in [0.2, 0.25) is 0 Å². The zero-order valence-corrected chi connectivity index (χ0v) is 16.8. The van der Waals surface area contributed by atoms with Crippen molar-refractivity contribution >= 4 is 28.9 Å². The molecule has 1 amide bonds. The second-order valence-electron chi connectivity index (χ2n) is 8.38. The molecule has 3 aliphatic rings. The van der Waals surface area contributed by atoms with E-state index in [0.717, 1.165) is 6.07 Å². The predicted octanol–water partition coefficient (Wildman–Crippen LogP) is 0.629. The van der Waals surface area contributed by atoms with E-state index >= 15 is 0 Å². The number of nitrogens with two attached hydrogens (primary N) is 1. The number of primary amides is 1. The maximum Gasteiger partial charge on any atom is 0.255 e. The van der Waals surface area contributed by atoms with Gasteiger partial charge in [0.15, 0.2) is 23.0 Å². The van der Waals surface area contributed by atoms with Crippen LogP contribution in [0, 0.1) is 17.7 Å². The molecule has 4 rings (SSSR count). The molecule has 1 aromatic carbocycles. The van der Waals surface area contributed by atoms with Gasteiger partial charge in [0.1, 0.15) is 17.1 Å². The van der Waals surface area contributed by atoms with E-state index in [1.165, 1.54) is 0 Å². The highest BCUT2D eigenvalue weighted by Gasteiger charge is 2.60. The molecule has 31 heavy (non-hydrogen) atoms. The van der Waals surface area contributed by atoms with E-state index < -0.39 is 70.0 Å². The first kappa shape index (κ1) is 20.9. The molecule has 9 nitrogen and oxygen atoms in total. The first-order valence-electron chi connectivity index (χ1n) is 9.60. The van der Waals surface area contributed by atoms with Crippen molar-refractivity contribution < 1.29 is 39.2 Å². The van der Waals surface area contributed by atoms with Crippen LogP contribution in [0.5, 0.6) is 5.75 Å². The summed E-state index contributed by atoms with van der Waals surface area (Å²) in [5.41, 5.74) is 1.88. The monoisotopic (exact) mass is 432 g/mol. The lowest BCUT2D eigenvalue weighted by atomic mass is 9.59. The van der Waals surface area contributed by atoms with E-state index in [9.17, 15) is 39.2 Å². The van der Waals surface area contributed by atoms with Crippen LogP contribution in [0.3, 0.4) is 0 Å². The highest BCUT2D eigenvalue weighted by Crippen LogP contribution is 2.53. The maximum absolute atomic E-state index is 14.3. The van der Waals surface area contributed by atoms with Gasteiger partial charge in [-0.2, -0.15) is 0 Å². The Bertz CT molecular complexity index is 1140. The SMILES string of the molecule is CN(C)c1cc(F)c(O)c2c1CC1C[C@H]3CC(=O)C(C(N)=O)=C(O)[C@@]3(O)C(=O)C1=C2O. The van der Waals surface area contributed by atoms with Crippen LogP contribution in [-0.4, -0.2) is 57.6 Å². The fourth-order valence-electron chi connectivity index (χ4n) is 5.04. The summed E-state index contributed by atoms with van der Waals surface area (Å²) in [7, 11) is 3.31. The van der Waals surface area contributed by atoms with E-state index in [2.05, 4.69) is 0 Å². The molecule has 164 valence electrons. The Kier molecular flexibility index (Phi) is 4.40. The number of aromatic hydroxyl groups is 1. The molecule has 0 heterocycles. The Morgan fingerprint density at radius 3 is 2.45 bits per heavy atom. The lowest BCUT2D eigenvalue weighted by Gasteiger charge is -2.46. The lowest BCUT2D eigenvalue weighted by Crippen LogP contribution is -2.58. The van der Waals surface area contributed by atoms with Crippen LogP contribution in [0.15, 0.2) is 23.0 Å². The van der Waals surface area contributed by atoms with Gasteiger partial charge in [0.05, 0.1) is 5.56 Å². The smallest absolute Gasteiger partial charge is 0.255 e. The Morgan fingerprint density at radius 2 is 1.87 bits per heavy atom. The number of hydrogen-bond acceptors (Lipinski definition) is 8. The summed E-state index contributed by atoms with van der Waals surface area (Å²) in [5.74, 6) is -8.60. The molecular weight excluding hydrogens is 411 g/mol. The summed E-state index contributed by atoms with van der Waals surface area (Å²) >= 11 is 0. The Hall–Kier alpha value is -3.40. The molecular formula is C21H21FN2O7. The number of amides is 1. The lowest BCUT2D eigenvalue weighted by molar-refractivity contribution is -0.147. The normalized spacial score (nSPS) is 27.6. The molecule has 0 aliphatic heterocycles. The number of hydrogen-bond donors (Lipinski definition) is 5. The number of rotatable bonds is 2. The van der Waals surface area contributed by atoms with Gasteiger partial charge in [0.25, 0.3) is 5.91 Å². The number of anilines is 1. The molecule has 1 saturated carbocycles. The summed E-state index contributed by atoms with van der Waals surface area (Å²) < 4.78 is 14.3. The van der Waals surface area contributed by atoms with Crippen molar-refractivity contribution in [3.05, 3.63) is 39.9 Å². The van der Waals surface area contributed by atoms with Crippen molar-refractivity contribution in [2.45, 2.75) is 24.9 Å². The van der Waals surface area contributed by atoms with Crippen LogP contribution in [-0.2, 0) is 20.8 Å². The van der Waals surface area contributed by atoms with Crippen LogP contribution < -0.4 is 10.6 Å². The van der Waals surface area contributed by atoms with Crippen molar-refractivity contribution in [2.24, 2.45) is 17.6 Å². The number of halogens is 1.